The number of rotatable bonds is 8. The molecule has 0 aliphatic heterocycles. The second-order valence-corrected chi connectivity index (χ2v) is 6.44. The van der Waals surface area contributed by atoms with Gasteiger partial charge in [-0.25, -0.2) is 13.6 Å². The van der Waals surface area contributed by atoms with Crippen molar-refractivity contribution in [2.24, 2.45) is 5.14 Å². The summed E-state index contributed by atoms with van der Waals surface area (Å²) in [6, 6.07) is 6.35. The predicted molar refractivity (Wildman–Crippen MR) is 82.4 cm³/mol. The van der Waals surface area contributed by atoms with E-state index in [0.29, 0.717) is 13.1 Å². The molecule has 1 aromatic rings. The molecule has 1 rings (SSSR count). The van der Waals surface area contributed by atoms with Crippen molar-refractivity contribution in [3.8, 4) is 0 Å². The van der Waals surface area contributed by atoms with Crippen LogP contribution >= 0.6 is 0 Å². The lowest BCUT2D eigenvalue weighted by Gasteiger charge is -2.06. The third-order valence-corrected chi connectivity index (χ3v) is 3.87. The van der Waals surface area contributed by atoms with Crippen LogP contribution in [0.5, 0.6) is 0 Å². The van der Waals surface area contributed by atoms with E-state index in [1.54, 1.807) is 12.1 Å². The van der Waals surface area contributed by atoms with Gasteiger partial charge in [-0.15, -0.1) is 0 Å². The lowest BCUT2D eigenvalue weighted by molar-refractivity contribution is -0.121. The Kier molecular flexibility index (Phi) is 7.00. The molecule has 8 heteroatoms. The quantitative estimate of drug-likeness (QED) is 0.578. The fourth-order valence-corrected chi connectivity index (χ4v) is 2.32. The maximum Gasteiger partial charge on any atom is 0.238 e. The molecule has 0 bridgehead atoms. The number of nitrogens with two attached hydrogens (primary N) is 1. The maximum absolute atomic E-state index is 11.4. The van der Waals surface area contributed by atoms with Crippen LogP contribution in [-0.4, -0.2) is 33.3 Å². The summed E-state index contributed by atoms with van der Waals surface area (Å²) in [5.74, 6) is -0.269. The lowest BCUT2D eigenvalue weighted by Crippen LogP contribution is -2.30. The number of primary sulfonamides is 1. The average Bonchev–Trinajstić information content (AvgIpc) is 2.43. The van der Waals surface area contributed by atoms with E-state index in [1.165, 1.54) is 19.1 Å². The van der Waals surface area contributed by atoms with Crippen LogP contribution in [0.2, 0.25) is 0 Å². The monoisotopic (exact) mass is 327 g/mol. The molecule has 0 saturated heterocycles. The van der Waals surface area contributed by atoms with Crippen LogP contribution in [0.15, 0.2) is 29.2 Å². The van der Waals surface area contributed by atoms with Crippen molar-refractivity contribution in [1.82, 2.24) is 10.6 Å². The topological polar surface area (TPSA) is 118 Å². The van der Waals surface area contributed by atoms with E-state index >= 15 is 0 Å². The molecular formula is C14H21N3O4S. The summed E-state index contributed by atoms with van der Waals surface area (Å²) in [6.07, 6.45) is 1.71. The highest BCUT2D eigenvalue weighted by Crippen LogP contribution is 2.10. The van der Waals surface area contributed by atoms with Gasteiger partial charge in [0.2, 0.25) is 21.8 Å². The van der Waals surface area contributed by atoms with E-state index in [1.807, 2.05) is 0 Å². The zero-order valence-corrected chi connectivity index (χ0v) is 13.3. The first-order valence-corrected chi connectivity index (χ1v) is 8.46. The van der Waals surface area contributed by atoms with Gasteiger partial charge in [0, 0.05) is 26.4 Å². The summed E-state index contributed by atoms with van der Waals surface area (Å²) in [7, 11) is -3.66. The number of aryl methyl sites for hydroxylation is 1. The molecule has 0 atom stereocenters. The van der Waals surface area contributed by atoms with Gasteiger partial charge in [0.15, 0.2) is 0 Å². The molecule has 122 valence electrons. The van der Waals surface area contributed by atoms with Crippen molar-refractivity contribution < 1.29 is 18.0 Å². The van der Waals surface area contributed by atoms with Crippen molar-refractivity contribution in [2.75, 3.05) is 13.1 Å². The highest BCUT2D eigenvalue weighted by molar-refractivity contribution is 7.89. The first kappa shape index (κ1) is 18.1. The molecular weight excluding hydrogens is 306 g/mol. The Labute approximate surface area is 130 Å². The summed E-state index contributed by atoms with van der Waals surface area (Å²) in [4.78, 5) is 22.2. The molecule has 7 nitrogen and oxygen atoms in total. The molecule has 0 aliphatic carbocycles. The highest BCUT2D eigenvalue weighted by Gasteiger charge is 2.06. The third-order valence-electron chi connectivity index (χ3n) is 2.94. The number of carbonyl (C=O) groups is 2. The highest BCUT2D eigenvalue weighted by atomic mass is 32.2. The maximum atomic E-state index is 11.4. The summed E-state index contributed by atoms with van der Waals surface area (Å²) < 4.78 is 22.2. The number of amides is 2. The molecule has 1 aromatic carbocycles. The minimum atomic E-state index is -3.66. The standard InChI is InChI=1S/C14H21N3O4S/c1-11(18)16-10-8-14(19)17-9-2-3-12-4-6-13(7-5-12)22(15,20)21/h4-7H,2-3,8-10H2,1H3,(H,16,18)(H,17,19)(H2,15,20,21). The van der Waals surface area contributed by atoms with Gasteiger partial charge in [0.05, 0.1) is 4.90 Å². The number of carbonyl (C=O) groups excluding carboxylic acids is 2. The Balaban J connectivity index is 2.24. The van der Waals surface area contributed by atoms with Crippen LogP contribution in [0.4, 0.5) is 0 Å². The van der Waals surface area contributed by atoms with Gasteiger partial charge >= 0.3 is 0 Å². The van der Waals surface area contributed by atoms with Crippen molar-refractivity contribution in [1.29, 1.82) is 0 Å². The number of hydrogen-bond acceptors (Lipinski definition) is 4. The Bertz CT molecular complexity index is 611. The normalized spacial score (nSPS) is 11.0. The minimum Gasteiger partial charge on any atom is -0.356 e. The zero-order valence-electron chi connectivity index (χ0n) is 12.5. The fourth-order valence-electron chi connectivity index (χ4n) is 1.81. The van der Waals surface area contributed by atoms with E-state index < -0.39 is 10.0 Å². The second kappa shape index (κ2) is 8.50. The van der Waals surface area contributed by atoms with Crippen LogP contribution < -0.4 is 15.8 Å². The molecule has 0 radical (unpaired) electrons. The van der Waals surface area contributed by atoms with E-state index in [-0.39, 0.29) is 23.1 Å². The average molecular weight is 327 g/mol. The Hall–Kier alpha value is -1.93. The van der Waals surface area contributed by atoms with Crippen molar-refractivity contribution >= 4 is 21.8 Å². The van der Waals surface area contributed by atoms with Gasteiger partial charge in [-0.05, 0) is 30.5 Å². The predicted octanol–water partition coefficient (Wildman–Crippen LogP) is -0.0910. The molecule has 0 aromatic heterocycles. The van der Waals surface area contributed by atoms with Gasteiger partial charge in [0.25, 0.3) is 0 Å². The lowest BCUT2D eigenvalue weighted by atomic mass is 10.1. The Morgan fingerprint density at radius 2 is 1.73 bits per heavy atom. The Morgan fingerprint density at radius 1 is 1.09 bits per heavy atom. The van der Waals surface area contributed by atoms with Crippen molar-refractivity contribution in [2.45, 2.75) is 31.1 Å². The molecule has 0 unspecified atom stereocenters. The van der Waals surface area contributed by atoms with Gasteiger partial charge in [-0.3, -0.25) is 9.59 Å². The second-order valence-electron chi connectivity index (χ2n) is 4.88. The van der Waals surface area contributed by atoms with E-state index in [9.17, 15) is 18.0 Å². The summed E-state index contributed by atoms with van der Waals surface area (Å²) >= 11 is 0. The van der Waals surface area contributed by atoms with E-state index in [0.717, 1.165) is 18.4 Å². The molecule has 0 fully saturated rings. The molecule has 0 heterocycles. The van der Waals surface area contributed by atoms with E-state index in [2.05, 4.69) is 10.6 Å². The molecule has 22 heavy (non-hydrogen) atoms. The van der Waals surface area contributed by atoms with Crippen LogP contribution in [0, 0.1) is 0 Å². The summed E-state index contributed by atoms with van der Waals surface area (Å²) in [6.45, 7) is 2.26. The van der Waals surface area contributed by atoms with Gasteiger partial charge in [0.1, 0.15) is 0 Å². The first-order chi connectivity index (χ1) is 10.3. The number of hydrogen-bond donors (Lipinski definition) is 3. The van der Waals surface area contributed by atoms with Crippen molar-refractivity contribution in [3.63, 3.8) is 0 Å². The number of nitrogens with one attached hydrogen (secondary N) is 2. The first-order valence-electron chi connectivity index (χ1n) is 6.92. The van der Waals surface area contributed by atoms with Crippen LogP contribution in [0.3, 0.4) is 0 Å². The summed E-state index contributed by atoms with van der Waals surface area (Å²) in [5, 5.41) is 10.3. The van der Waals surface area contributed by atoms with Gasteiger partial charge in [-0.1, -0.05) is 12.1 Å². The van der Waals surface area contributed by atoms with Crippen LogP contribution in [0.25, 0.3) is 0 Å². The van der Waals surface area contributed by atoms with Crippen molar-refractivity contribution in [3.05, 3.63) is 29.8 Å². The van der Waals surface area contributed by atoms with Crippen LogP contribution in [0.1, 0.15) is 25.3 Å². The molecule has 0 saturated carbocycles. The SMILES string of the molecule is CC(=O)NCCC(=O)NCCCc1ccc(S(N)(=O)=O)cc1. The summed E-state index contributed by atoms with van der Waals surface area (Å²) in [5.41, 5.74) is 0.972. The third kappa shape index (κ3) is 7.19. The molecule has 0 aliphatic rings. The largest absolute Gasteiger partial charge is 0.356 e. The zero-order chi connectivity index (χ0) is 16.6. The Morgan fingerprint density at radius 3 is 2.27 bits per heavy atom. The van der Waals surface area contributed by atoms with E-state index in [4.69, 9.17) is 5.14 Å². The minimum absolute atomic E-state index is 0.0857. The molecule has 4 N–H and O–H groups in total. The van der Waals surface area contributed by atoms with Crippen LogP contribution in [-0.2, 0) is 26.0 Å². The fraction of sp³-hybridized carbons (Fsp3) is 0.429. The molecule has 0 spiro atoms. The number of benzene rings is 1. The van der Waals surface area contributed by atoms with Gasteiger partial charge < -0.3 is 10.6 Å². The number of sulfonamides is 1. The molecule has 2 amide bonds. The smallest absolute Gasteiger partial charge is 0.238 e. The van der Waals surface area contributed by atoms with Gasteiger partial charge in [-0.2, -0.15) is 0 Å².